The van der Waals surface area contributed by atoms with E-state index in [1.54, 1.807) is 49.7 Å². The van der Waals surface area contributed by atoms with Gasteiger partial charge in [0, 0.05) is 23.6 Å². The third-order valence-corrected chi connectivity index (χ3v) is 4.09. The SMILES string of the molecule is COc1ccccc1-c1noc(-c2ccc(NC(=O)c3cccnc3)cc2)n1. The number of hydrogen-bond donors (Lipinski definition) is 1. The van der Waals surface area contributed by atoms with Gasteiger partial charge in [0.1, 0.15) is 5.75 Å². The molecule has 0 fully saturated rings. The van der Waals surface area contributed by atoms with Crippen molar-refractivity contribution in [3.63, 3.8) is 0 Å². The molecular weight excluding hydrogens is 356 g/mol. The summed E-state index contributed by atoms with van der Waals surface area (Å²) in [4.78, 5) is 20.6. The number of carbonyl (C=O) groups is 1. The van der Waals surface area contributed by atoms with Crippen LogP contribution in [0.2, 0.25) is 0 Å². The molecule has 0 radical (unpaired) electrons. The molecule has 0 spiro atoms. The second-order valence-electron chi connectivity index (χ2n) is 5.90. The van der Waals surface area contributed by atoms with E-state index in [9.17, 15) is 4.79 Å². The van der Waals surface area contributed by atoms with Gasteiger partial charge in [0.15, 0.2) is 0 Å². The first-order valence-electron chi connectivity index (χ1n) is 8.53. The van der Waals surface area contributed by atoms with Gasteiger partial charge in [-0.1, -0.05) is 17.3 Å². The van der Waals surface area contributed by atoms with Gasteiger partial charge in [-0.3, -0.25) is 9.78 Å². The average Bonchev–Trinajstić information content (AvgIpc) is 3.25. The van der Waals surface area contributed by atoms with E-state index >= 15 is 0 Å². The summed E-state index contributed by atoms with van der Waals surface area (Å²) < 4.78 is 10.7. The van der Waals surface area contributed by atoms with Crippen molar-refractivity contribution in [2.24, 2.45) is 0 Å². The maximum absolute atomic E-state index is 12.2. The molecule has 0 saturated heterocycles. The maximum atomic E-state index is 12.2. The molecule has 28 heavy (non-hydrogen) atoms. The number of ether oxygens (including phenoxy) is 1. The number of amides is 1. The monoisotopic (exact) mass is 372 g/mol. The molecule has 2 aromatic heterocycles. The van der Waals surface area contributed by atoms with Gasteiger partial charge in [-0.25, -0.2) is 0 Å². The zero-order valence-electron chi connectivity index (χ0n) is 15.0. The van der Waals surface area contributed by atoms with Crippen LogP contribution >= 0.6 is 0 Å². The minimum atomic E-state index is -0.225. The van der Waals surface area contributed by atoms with E-state index in [0.717, 1.165) is 11.1 Å². The molecule has 7 nitrogen and oxygen atoms in total. The first-order chi connectivity index (χ1) is 13.7. The lowest BCUT2D eigenvalue weighted by atomic mass is 10.2. The van der Waals surface area contributed by atoms with Crippen molar-refractivity contribution in [2.75, 3.05) is 12.4 Å². The summed E-state index contributed by atoms with van der Waals surface area (Å²) in [6, 6.07) is 18.0. The summed E-state index contributed by atoms with van der Waals surface area (Å²) in [6.07, 6.45) is 3.14. The molecule has 0 aliphatic carbocycles. The van der Waals surface area contributed by atoms with Gasteiger partial charge in [0.05, 0.1) is 18.2 Å². The predicted molar refractivity (Wildman–Crippen MR) is 104 cm³/mol. The highest BCUT2D eigenvalue weighted by Crippen LogP contribution is 2.29. The van der Waals surface area contributed by atoms with Crippen molar-refractivity contribution in [3.05, 3.63) is 78.6 Å². The molecule has 4 aromatic rings. The Morgan fingerprint density at radius 2 is 1.86 bits per heavy atom. The van der Waals surface area contributed by atoms with Crippen LogP contribution in [0.25, 0.3) is 22.8 Å². The van der Waals surface area contributed by atoms with Crippen molar-refractivity contribution in [1.29, 1.82) is 0 Å². The Kier molecular flexibility index (Phi) is 4.79. The fourth-order valence-electron chi connectivity index (χ4n) is 2.68. The third kappa shape index (κ3) is 3.59. The molecule has 1 amide bonds. The largest absolute Gasteiger partial charge is 0.496 e. The minimum Gasteiger partial charge on any atom is -0.496 e. The van der Waals surface area contributed by atoms with E-state index in [-0.39, 0.29) is 5.91 Å². The Balaban J connectivity index is 1.52. The highest BCUT2D eigenvalue weighted by molar-refractivity contribution is 6.04. The van der Waals surface area contributed by atoms with Crippen molar-refractivity contribution < 1.29 is 14.1 Å². The number of para-hydroxylation sites is 1. The number of anilines is 1. The smallest absolute Gasteiger partial charge is 0.258 e. The number of carbonyl (C=O) groups excluding carboxylic acids is 1. The van der Waals surface area contributed by atoms with Crippen LogP contribution in [0.15, 0.2) is 77.6 Å². The molecule has 0 saturated carbocycles. The van der Waals surface area contributed by atoms with Gasteiger partial charge in [0.2, 0.25) is 5.82 Å². The topological polar surface area (TPSA) is 90.1 Å². The Morgan fingerprint density at radius 3 is 2.61 bits per heavy atom. The molecule has 0 bridgehead atoms. The summed E-state index contributed by atoms with van der Waals surface area (Å²) >= 11 is 0. The number of methoxy groups -OCH3 is 1. The first-order valence-corrected chi connectivity index (χ1v) is 8.53. The second kappa shape index (κ2) is 7.71. The fourth-order valence-corrected chi connectivity index (χ4v) is 2.68. The number of pyridine rings is 1. The Labute approximate surface area is 161 Å². The van der Waals surface area contributed by atoms with E-state index < -0.39 is 0 Å². The van der Waals surface area contributed by atoms with Gasteiger partial charge in [-0.05, 0) is 48.5 Å². The molecule has 2 heterocycles. The first kappa shape index (κ1) is 17.4. The van der Waals surface area contributed by atoms with Gasteiger partial charge in [-0.15, -0.1) is 0 Å². The molecule has 138 valence electrons. The zero-order chi connectivity index (χ0) is 19.3. The quantitative estimate of drug-likeness (QED) is 0.568. The van der Waals surface area contributed by atoms with Crippen LogP contribution in [0, 0.1) is 0 Å². The molecule has 0 atom stereocenters. The van der Waals surface area contributed by atoms with Crippen LogP contribution in [0.3, 0.4) is 0 Å². The molecule has 2 aromatic carbocycles. The lowest BCUT2D eigenvalue weighted by Crippen LogP contribution is -2.11. The van der Waals surface area contributed by atoms with Crippen molar-refractivity contribution >= 4 is 11.6 Å². The van der Waals surface area contributed by atoms with E-state index in [2.05, 4.69) is 20.4 Å². The van der Waals surface area contributed by atoms with Gasteiger partial charge in [0.25, 0.3) is 11.8 Å². The van der Waals surface area contributed by atoms with Gasteiger partial charge in [-0.2, -0.15) is 4.98 Å². The summed E-state index contributed by atoms with van der Waals surface area (Å²) in [5.74, 6) is 1.27. The highest BCUT2D eigenvalue weighted by atomic mass is 16.5. The van der Waals surface area contributed by atoms with E-state index in [0.29, 0.717) is 28.7 Å². The zero-order valence-corrected chi connectivity index (χ0v) is 15.0. The number of benzene rings is 2. The van der Waals surface area contributed by atoms with Crippen LogP contribution in [0.1, 0.15) is 10.4 Å². The molecule has 7 heteroatoms. The van der Waals surface area contributed by atoms with Crippen LogP contribution in [-0.4, -0.2) is 28.1 Å². The fraction of sp³-hybridized carbons (Fsp3) is 0.0476. The Morgan fingerprint density at radius 1 is 1.04 bits per heavy atom. The van der Waals surface area contributed by atoms with Crippen molar-refractivity contribution in [1.82, 2.24) is 15.1 Å². The van der Waals surface area contributed by atoms with Crippen LogP contribution in [0.5, 0.6) is 5.75 Å². The summed E-state index contributed by atoms with van der Waals surface area (Å²) in [6.45, 7) is 0. The predicted octanol–water partition coefficient (Wildman–Crippen LogP) is 4.06. The van der Waals surface area contributed by atoms with Gasteiger partial charge >= 0.3 is 0 Å². The number of nitrogens with zero attached hydrogens (tertiary/aromatic N) is 3. The van der Waals surface area contributed by atoms with Crippen molar-refractivity contribution in [3.8, 4) is 28.6 Å². The molecule has 0 aliphatic heterocycles. The molecule has 0 unspecified atom stereocenters. The van der Waals surface area contributed by atoms with Gasteiger partial charge < -0.3 is 14.6 Å². The minimum absolute atomic E-state index is 0.225. The molecule has 0 aliphatic rings. The Bertz CT molecular complexity index is 1090. The molecule has 1 N–H and O–H groups in total. The number of nitrogens with one attached hydrogen (secondary N) is 1. The number of rotatable bonds is 5. The van der Waals surface area contributed by atoms with Crippen LogP contribution in [-0.2, 0) is 0 Å². The van der Waals surface area contributed by atoms with E-state index in [1.165, 1.54) is 6.20 Å². The maximum Gasteiger partial charge on any atom is 0.258 e. The molecule has 4 rings (SSSR count). The van der Waals surface area contributed by atoms with Crippen LogP contribution < -0.4 is 10.1 Å². The summed E-state index contributed by atoms with van der Waals surface area (Å²) in [5.41, 5.74) is 2.64. The van der Waals surface area contributed by atoms with E-state index in [1.807, 2.05) is 24.3 Å². The summed E-state index contributed by atoms with van der Waals surface area (Å²) in [7, 11) is 1.60. The summed E-state index contributed by atoms with van der Waals surface area (Å²) in [5, 5.41) is 6.86. The Hall–Kier alpha value is -4.00. The lowest BCUT2D eigenvalue weighted by Gasteiger charge is -2.05. The molecular formula is C21H16N4O3. The second-order valence-corrected chi connectivity index (χ2v) is 5.90. The van der Waals surface area contributed by atoms with Crippen molar-refractivity contribution in [2.45, 2.75) is 0 Å². The average molecular weight is 372 g/mol. The van der Waals surface area contributed by atoms with Crippen LogP contribution in [0.4, 0.5) is 5.69 Å². The standard InChI is InChI=1S/C21H16N4O3/c1-27-18-7-3-2-6-17(18)19-24-21(28-25-19)14-8-10-16(11-9-14)23-20(26)15-5-4-12-22-13-15/h2-13H,1H3,(H,23,26). The third-order valence-electron chi connectivity index (χ3n) is 4.09. The number of aromatic nitrogens is 3. The lowest BCUT2D eigenvalue weighted by molar-refractivity contribution is 0.102. The normalized spacial score (nSPS) is 10.5. The highest BCUT2D eigenvalue weighted by Gasteiger charge is 2.14. The van der Waals surface area contributed by atoms with E-state index in [4.69, 9.17) is 9.26 Å². The number of hydrogen-bond acceptors (Lipinski definition) is 6.